The van der Waals surface area contributed by atoms with Crippen LogP contribution in [-0.4, -0.2) is 5.54 Å². The van der Waals surface area contributed by atoms with Crippen molar-refractivity contribution in [1.82, 2.24) is 5.32 Å². The third-order valence-electron chi connectivity index (χ3n) is 5.86. The molecule has 5 rings (SSSR count). The largest absolute Gasteiger partial charge is 0.307 e. The van der Waals surface area contributed by atoms with E-state index < -0.39 is 5.82 Å². The van der Waals surface area contributed by atoms with Crippen molar-refractivity contribution >= 4 is 0 Å². The zero-order valence-corrected chi connectivity index (χ0v) is 12.2. The summed E-state index contributed by atoms with van der Waals surface area (Å²) in [5.74, 6) is 2.35. The van der Waals surface area contributed by atoms with Crippen molar-refractivity contribution < 1.29 is 4.39 Å². The van der Waals surface area contributed by atoms with E-state index in [1.165, 1.54) is 44.6 Å². The van der Waals surface area contributed by atoms with Crippen molar-refractivity contribution in [2.24, 2.45) is 17.8 Å². The normalized spacial score (nSPS) is 36.7. The molecule has 0 radical (unpaired) electrons. The predicted octanol–water partition coefficient (Wildman–Crippen LogP) is 3.76. The summed E-state index contributed by atoms with van der Waals surface area (Å²) in [5.41, 5.74) is 1.49. The molecule has 4 fully saturated rings. The van der Waals surface area contributed by atoms with Crippen LogP contribution in [0.1, 0.15) is 49.7 Å². The van der Waals surface area contributed by atoms with E-state index in [0.29, 0.717) is 5.54 Å². The zero-order valence-electron chi connectivity index (χ0n) is 12.2. The molecule has 0 saturated heterocycles. The summed E-state index contributed by atoms with van der Waals surface area (Å²) in [6, 6.07) is 6.82. The minimum Gasteiger partial charge on any atom is -0.307 e. The minimum atomic E-state index is -0.420. The van der Waals surface area contributed by atoms with Gasteiger partial charge < -0.3 is 5.32 Å². The molecule has 4 aliphatic rings. The Kier molecular flexibility index (Phi) is 3.04. The lowest BCUT2D eigenvalue weighted by Gasteiger charge is -2.57. The zero-order chi connectivity index (χ0) is 14.4. The summed E-state index contributed by atoms with van der Waals surface area (Å²) in [6.07, 6.45) is 8.25. The van der Waals surface area contributed by atoms with Gasteiger partial charge >= 0.3 is 0 Å². The Morgan fingerprint density at radius 3 is 2.33 bits per heavy atom. The topological polar surface area (TPSA) is 35.8 Å². The third kappa shape index (κ3) is 2.36. The number of hydrogen-bond donors (Lipinski definition) is 1. The predicted molar refractivity (Wildman–Crippen MR) is 78.9 cm³/mol. The van der Waals surface area contributed by atoms with Gasteiger partial charge in [0, 0.05) is 12.1 Å². The molecule has 2 nitrogen and oxygen atoms in total. The summed E-state index contributed by atoms with van der Waals surface area (Å²) in [7, 11) is 0. The van der Waals surface area contributed by atoms with Crippen LogP contribution in [0.4, 0.5) is 4.39 Å². The van der Waals surface area contributed by atoms with Gasteiger partial charge in [-0.3, -0.25) is 0 Å². The summed E-state index contributed by atoms with van der Waals surface area (Å²) in [6.45, 7) is 0.751. The Hall–Kier alpha value is -1.40. The van der Waals surface area contributed by atoms with E-state index in [4.69, 9.17) is 5.26 Å². The number of rotatable bonds is 3. The minimum absolute atomic E-state index is 0.153. The van der Waals surface area contributed by atoms with Crippen LogP contribution in [0.15, 0.2) is 18.2 Å². The Labute approximate surface area is 125 Å². The molecule has 0 atom stereocenters. The first-order chi connectivity index (χ1) is 10.2. The van der Waals surface area contributed by atoms with Crippen LogP contribution in [0, 0.1) is 34.9 Å². The molecule has 0 spiro atoms. The van der Waals surface area contributed by atoms with Crippen molar-refractivity contribution in [3.8, 4) is 6.07 Å². The Morgan fingerprint density at radius 1 is 1.14 bits per heavy atom. The maximum absolute atomic E-state index is 13.4. The smallest absolute Gasteiger partial charge is 0.140 e. The summed E-state index contributed by atoms with van der Waals surface area (Å²) in [5, 5.41) is 12.7. The lowest BCUT2D eigenvalue weighted by molar-refractivity contribution is -0.0206. The van der Waals surface area contributed by atoms with Crippen LogP contribution in [0.5, 0.6) is 0 Å². The van der Waals surface area contributed by atoms with E-state index in [-0.39, 0.29) is 5.56 Å². The summed E-state index contributed by atoms with van der Waals surface area (Å²) >= 11 is 0. The number of halogens is 1. The number of nitrogens with zero attached hydrogens (tertiary/aromatic N) is 1. The third-order valence-corrected chi connectivity index (χ3v) is 5.86. The molecule has 4 bridgehead atoms. The van der Waals surface area contributed by atoms with Gasteiger partial charge in [-0.1, -0.05) is 6.07 Å². The van der Waals surface area contributed by atoms with Gasteiger partial charge in [-0.2, -0.15) is 5.26 Å². The molecular weight excluding hydrogens is 263 g/mol. The van der Waals surface area contributed by atoms with Crippen molar-refractivity contribution in [3.63, 3.8) is 0 Å². The maximum atomic E-state index is 13.4. The second-order valence-electron chi connectivity index (χ2n) is 7.48. The van der Waals surface area contributed by atoms with Gasteiger partial charge in [0.1, 0.15) is 11.9 Å². The van der Waals surface area contributed by atoms with E-state index in [9.17, 15) is 4.39 Å². The number of hydrogen-bond acceptors (Lipinski definition) is 2. The van der Waals surface area contributed by atoms with Crippen molar-refractivity contribution in [1.29, 1.82) is 5.26 Å². The molecule has 0 amide bonds. The molecule has 110 valence electrons. The number of nitrogens with one attached hydrogen (secondary N) is 1. The highest BCUT2D eigenvalue weighted by atomic mass is 19.1. The fourth-order valence-corrected chi connectivity index (χ4v) is 5.38. The molecule has 0 heterocycles. The quantitative estimate of drug-likeness (QED) is 0.917. The van der Waals surface area contributed by atoms with Crippen LogP contribution >= 0.6 is 0 Å². The monoisotopic (exact) mass is 284 g/mol. The maximum Gasteiger partial charge on any atom is 0.140 e. The molecule has 1 N–H and O–H groups in total. The Balaban J connectivity index is 1.48. The van der Waals surface area contributed by atoms with E-state index >= 15 is 0 Å². The van der Waals surface area contributed by atoms with Gasteiger partial charge in [0.15, 0.2) is 0 Å². The molecule has 0 aromatic heterocycles. The van der Waals surface area contributed by atoms with Crippen LogP contribution in [0.2, 0.25) is 0 Å². The first kappa shape index (κ1) is 13.3. The van der Waals surface area contributed by atoms with Gasteiger partial charge in [-0.15, -0.1) is 0 Å². The molecule has 4 saturated carbocycles. The fraction of sp³-hybridized carbons (Fsp3) is 0.611. The van der Waals surface area contributed by atoms with Gasteiger partial charge in [-0.25, -0.2) is 4.39 Å². The number of nitriles is 1. The van der Waals surface area contributed by atoms with Crippen LogP contribution < -0.4 is 5.32 Å². The molecular formula is C18H21FN2. The molecule has 1 aromatic rings. The van der Waals surface area contributed by atoms with Gasteiger partial charge in [-0.05, 0) is 74.0 Å². The SMILES string of the molecule is N#Cc1cc(CNC23CC4CC(CC(C4)C2)C3)ccc1F. The highest BCUT2D eigenvalue weighted by Crippen LogP contribution is 2.55. The van der Waals surface area contributed by atoms with Crippen LogP contribution in [0.25, 0.3) is 0 Å². The van der Waals surface area contributed by atoms with Crippen LogP contribution in [0.3, 0.4) is 0 Å². The van der Waals surface area contributed by atoms with E-state index in [1.54, 1.807) is 12.1 Å². The van der Waals surface area contributed by atoms with Gasteiger partial charge in [0.05, 0.1) is 5.56 Å². The number of benzene rings is 1. The van der Waals surface area contributed by atoms with Crippen molar-refractivity contribution in [2.45, 2.75) is 50.6 Å². The Bertz CT molecular complexity index is 566. The van der Waals surface area contributed by atoms with E-state index in [1.807, 2.05) is 6.07 Å². The lowest BCUT2D eigenvalue weighted by atomic mass is 9.53. The molecule has 4 aliphatic carbocycles. The summed E-state index contributed by atoms with van der Waals surface area (Å²) < 4.78 is 13.4. The van der Waals surface area contributed by atoms with Gasteiger partial charge in [0.25, 0.3) is 0 Å². The fourth-order valence-electron chi connectivity index (χ4n) is 5.38. The molecule has 0 aliphatic heterocycles. The average Bonchev–Trinajstić information content (AvgIpc) is 2.45. The Morgan fingerprint density at radius 2 is 1.76 bits per heavy atom. The van der Waals surface area contributed by atoms with Crippen molar-refractivity contribution in [2.75, 3.05) is 0 Å². The first-order valence-electron chi connectivity index (χ1n) is 8.09. The summed E-state index contributed by atoms with van der Waals surface area (Å²) in [4.78, 5) is 0. The lowest BCUT2D eigenvalue weighted by Crippen LogP contribution is -2.58. The standard InChI is InChI=1S/C18H21FN2/c19-17-2-1-12(6-16(17)10-20)11-21-18-7-13-3-14(8-18)5-15(4-13)9-18/h1-2,6,13-15,21H,3-5,7-9,11H2. The van der Waals surface area contributed by atoms with E-state index in [2.05, 4.69) is 5.32 Å². The molecule has 1 aromatic carbocycles. The average molecular weight is 284 g/mol. The van der Waals surface area contributed by atoms with Crippen molar-refractivity contribution in [3.05, 3.63) is 35.1 Å². The van der Waals surface area contributed by atoms with E-state index in [0.717, 1.165) is 29.9 Å². The van der Waals surface area contributed by atoms with Crippen LogP contribution in [-0.2, 0) is 6.54 Å². The highest BCUT2D eigenvalue weighted by molar-refractivity contribution is 5.34. The first-order valence-corrected chi connectivity index (χ1v) is 8.09. The molecule has 21 heavy (non-hydrogen) atoms. The highest BCUT2D eigenvalue weighted by Gasteiger charge is 2.50. The molecule has 0 unspecified atom stereocenters. The second-order valence-corrected chi connectivity index (χ2v) is 7.48. The molecule has 3 heteroatoms. The van der Waals surface area contributed by atoms with Gasteiger partial charge in [0.2, 0.25) is 0 Å². The second kappa shape index (κ2) is 4.81.